The minimum absolute atomic E-state index is 0.232. The third-order valence-corrected chi connectivity index (χ3v) is 4.58. The van der Waals surface area contributed by atoms with Crippen LogP contribution in [0.3, 0.4) is 0 Å². The Labute approximate surface area is 166 Å². The van der Waals surface area contributed by atoms with Crippen molar-refractivity contribution in [2.75, 3.05) is 18.5 Å². The lowest BCUT2D eigenvalue weighted by Gasteiger charge is -2.10. The average molecular weight is 383 g/mol. The molecule has 8 heteroatoms. The predicted octanol–water partition coefficient (Wildman–Crippen LogP) is 2.41. The van der Waals surface area contributed by atoms with Crippen molar-refractivity contribution in [2.24, 2.45) is 0 Å². The Hall–Kier alpha value is -3.83. The maximum atomic E-state index is 5.38. The molecule has 2 N–H and O–H groups in total. The van der Waals surface area contributed by atoms with Crippen LogP contribution in [0.1, 0.15) is 17.7 Å². The number of hydrogen-bond acceptors (Lipinski definition) is 7. The number of fused-ring (bicyclic) bond motifs is 1. The molecule has 8 nitrogen and oxygen atoms in total. The van der Waals surface area contributed by atoms with Crippen molar-refractivity contribution >= 4 is 16.9 Å². The quantitative estimate of drug-likeness (QED) is 0.524. The van der Waals surface area contributed by atoms with Crippen LogP contribution in [0.15, 0.2) is 48.9 Å². The fourth-order valence-electron chi connectivity index (χ4n) is 3.09. The number of benzene rings is 1. The maximum absolute atomic E-state index is 5.38. The minimum Gasteiger partial charge on any atom is -0.379 e. The number of nitrogens with zero attached hydrogens (tertiary/aromatic N) is 5. The molecule has 1 aliphatic heterocycles. The molecule has 0 amide bonds. The first-order chi connectivity index (χ1) is 14.3. The van der Waals surface area contributed by atoms with E-state index < -0.39 is 0 Å². The molecule has 1 saturated heterocycles. The third-order valence-electron chi connectivity index (χ3n) is 4.58. The molecular weight excluding hydrogens is 366 g/mol. The summed E-state index contributed by atoms with van der Waals surface area (Å²) in [4.78, 5) is 17.7. The van der Waals surface area contributed by atoms with Crippen molar-refractivity contribution in [1.29, 1.82) is 0 Å². The van der Waals surface area contributed by atoms with Gasteiger partial charge in [0.1, 0.15) is 11.4 Å². The molecular formula is C21H17N7O. The van der Waals surface area contributed by atoms with Crippen molar-refractivity contribution < 1.29 is 4.74 Å². The molecule has 4 aromatic rings. The molecule has 0 saturated carbocycles. The smallest absolute Gasteiger partial charge is 0.223 e. The molecule has 1 aromatic carbocycles. The van der Waals surface area contributed by atoms with Crippen LogP contribution in [0.2, 0.25) is 0 Å². The number of H-pyrrole nitrogens is 1. The van der Waals surface area contributed by atoms with E-state index in [-0.39, 0.29) is 6.04 Å². The Kier molecular flexibility index (Phi) is 4.56. The Morgan fingerprint density at radius 2 is 2.03 bits per heavy atom. The summed E-state index contributed by atoms with van der Waals surface area (Å²) >= 11 is 0. The third kappa shape index (κ3) is 3.90. The van der Waals surface area contributed by atoms with E-state index in [2.05, 4.69) is 47.3 Å². The number of nitrogens with one attached hydrogen (secondary N) is 2. The van der Waals surface area contributed by atoms with Gasteiger partial charge < -0.3 is 10.1 Å². The van der Waals surface area contributed by atoms with E-state index in [1.807, 2.05) is 18.2 Å². The van der Waals surface area contributed by atoms with Gasteiger partial charge >= 0.3 is 0 Å². The zero-order valence-corrected chi connectivity index (χ0v) is 15.5. The van der Waals surface area contributed by atoms with Crippen LogP contribution in [-0.2, 0) is 4.74 Å². The molecule has 1 atom stereocenters. The second-order valence-corrected chi connectivity index (χ2v) is 6.66. The van der Waals surface area contributed by atoms with Crippen molar-refractivity contribution in [3.63, 3.8) is 0 Å². The van der Waals surface area contributed by atoms with Gasteiger partial charge in [0.2, 0.25) is 5.95 Å². The first-order valence-corrected chi connectivity index (χ1v) is 9.29. The topological polar surface area (TPSA) is 102 Å². The standard InChI is InChI=1S/C21H17N7O/c1(14-2-4-18-15(11-14)12-24-28-18)3-16-5-8-22-20(25-16)19-6-9-23-21(27-19)26-17-7-10-29-13-17/h2,4-6,8-9,11-12,17H,7,10,13H2,(H,24,28)(H,23,26,27). The van der Waals surface area contributed by atoms with E-state index in [1.54, 1.807) is 30.7 Å². The summed E-state index contributed by atoms with van der Waals surface area (Å²) < 4.78 is 5.38. The summed E-state index contributed by atoms with van der Waals surface area (Å²) in [5.41, 5.74) is 3.15. The van der Waals surface area contributed by atoms with Gasteiger partial charge in [0.05, 0.1) is 24.4 Å². The highest BCUT2D eigenvalue weighted by Crippen LogP contribution is 2.16. The van der Waals surface area contributed by atoms with Gasteiger partial charge in [-0.25, -0.2) is 19.9 Å². The normalized spacial score (nSPS) is 15.8. The van der Waals surface area contributed by atoms with Crippen LogP contribution in [0.25, 0.3) is 22.4 Å². The molecule has 0 aliphatic carbocycles. The van der Waals surface area contributed by atoms with Crippen LogP contribution in [0.5, 0.6) is 0 Å². The second-order valence-electron chi connectivity index (χ2n) is 6.66. The van der Waals surface area contributed by atoms with Gasteiger partial charge in [-0.05, 0) is 42.7 Å². The van der Waals surface area contributed by atoms with Gasteiger partial charge in [-0.1, -0.05) is 5.92 Å². The summed E-state index contributed by atoms with van der Waals surface area (Å²) in [6.07, 6.45) is 6.11. The molecule has 0 bridgehead atoms. The molecule has 1 fully saturated rings. The SMILES string of the molecule is C(#Cc1ccnc(-c2ccnc(NC3CCOC3)n2)n1)c1ccc2[nH]ncc2c1. The molecule has 0 radical (unpaired) electrons. The minimum atomic E-state index is 0.232. The maximum Gasteiger partial charge on any atom is 0.223 e. The van der Waals surface area contributed by atoms with E-state index in [0.717, 1.165) is 29.5 Å². The summed E-state index contributed by atoms with van der Waals surface area (Å²) in [6.45, 7) is 1.43. The van der Waals surface area contributed by atoms with Gasteiger partial charge in [0, 0.05) is 30.0 Å². The highest BCUT2D eigenvalue weighted by Gasteiger charge is 2.16. The van der Waals surface area contributed by atoms with Gasteiger partial charge in [0.25, 0.3) is 0 Å². The first kappa shape index (κ1) is 17.3. The van der Waals surface area contributed by atoms with Crippen LogP contribution in [-0.4, -0.2) is 49.4 Å². The van der Waals surface area contributed by atoms with Gasteiger partial charge in [-0.15, -0.1) is 0 Å². The fourth-order valence-corrected chi connectivity index (χ4v) is 3.09. The zero-order chi connectivity index (χ0) is 19.5. The highest BCUT2D eigenvalue weighted by molar-refractivity contribution is 5.79. The number of aromatic nitrogens is 6. The Balaban J connectivity index is 1.38. The molecule has 29 heavy (non-hydrogen) atoms. The molecule has 142 valence electrons. The van der Waals surface area contributed by atoms with Crippen LogP contribution >= 0.6 is 0 Å². The number of rotatable bonds is 3. The van der Waals surface area contributed by atoms with Gasteiger partial charge in [0.15, 0.2) is 5.82 Å². The summed E-state index contributed by atoms with van der Waals surface area (Å²) in [5.74, 6) is 7.29. The van der Waals surface area contributed by atoms with Crippen molar-refractivity contribution in [1.82, 2.24) is 30.1 Å². The lowest BCUT2D eigenvalue weighted by atomic mass is 10.1. The Bertz CT molecular complexity index is 1220. The van der Waals surface area contributed by atoms with Crippen molar-refractivity contribution in [2.45, 2.75) is 12.5 Å². The molecule has 3 aromatic heterocycles. The Morgan fingerprint density at radius 3 is 2.97 bits per heavy atom. The fraction of sp³-hybridized carbons (Fsp3) is 0.190. The molecule has 4 heterocycles. The zero-order valence-electron chi connectivity index (χ0n) is 15.5. The van der Waals surface area contributed by atoms with Crippen LogP contribution < -0.4 is 5.32 Å². The molecule has 1 unspecified atom stereocenters. The number of hydrogen-bond donors (Lipinski definition) is 2. The van der Waals surface area contributed by atoms with Crippen LogP contribution in [0, 0.1) is 11.8 Å². The van der Waals surface area contributed by atoms with E-state index >= 15 is 0 Å². The second kappa shape index (κ2) is 7.66. The van der Waals surface area contributed by atoms with Gasteiger partial charge in [-0.2, -0.15) is 5.10 Å². The van der Waals surface area contributed by atoms with E-state index in [1.165, 1.54) is 0 Å². The largest absolute Gasteiger partial charge is 0.379 e. The lowest BCUT2D eigenvalue weighted by Crippen LogP contribution is -2.20. The lowest BCUT2D eigenvalue weighted by molar-refractivity contribution is 0.195. The Morgan fingerprint density at radius 1 is 1.07 bits per heavy atom. The number of anilines is 1. The summed E-state index contributed by atoms with van der Waals surface area (Å²) in [7, 11) is 0. The monoisotopic (exact) mass is 383 g/mol. The summed E-state index contributed by atoms with van der Waals surface area (Å²) in [5, 5.41) is 11.3. The molecule has 1 aliphatic rings. The average Bonchev–Trinajstić information content (AvgIpc) is 3.44. The predicted molar refractivity (Wildman–Crippen MR) is 108 cm³/mol. The summed E-state index contributed by atoms with van der Waals surface area (Å²) in [6, 6.07) is 9.70. The van der Waals surface area contributed by atoms with Gasteiger partial charge in [-0.3, -0.25) is 5.10 Å². The highest BCUT2D eigenvalue weighted by atomic mass is 16.5. The van der Waals surface area contributed by atoms with E-state index in [0.29, 0.717) is 29.8 Å². The molecule has 0 spiro atoms. The number of ether oxygens (including phenoxy) is 1. The molecule has 5 rings (SSSR count). The number of aromatic amines is 1. The van der Waals surface area contributed by atoms with Crippen LogP contribution in [0.4, 0.5) is 5.95 Å². The van der Waals surface area contributed by atoms with Crippen molar-refractivity contribution in [3.8, 4) is 23.4 Å². The van der Waals surface area contributed by atoms with E-state index in [4.69, 9.17) is 4.74 Å². The van der Waals surface area contributed by atoms with Crippen molar-refractivity contribution in [3.05, 3.63) is 60.2 Å². The van der Waals surface area contributed by atoms with E-state index in [9.17, 15) is 0 Å². The first-order valence-electron chi connectivity index (χ1n) is 9.29.